The van der Waals surface area contributed by atoms with Gasteiger partial charge in [-0.15, -0.1) is 0 Å². The van der Waals surface area contributed by atoms with E-state index in [1.807, 2.05) is 0 Å². The van der Waals surface area contributed by atoms with E-state index < -0.39 is 58.5 Å². The van der Waals surface area contributed by atoms with E-state index in [-0.39, 0.29) is 37.4 Å². The van der Waals surface area contributed by atoms with Crippen molar-refractivity contribution in [1.29, 1.82) is 0 Å². The summed E-state index contributed by atoms with van der Waals surface area (Å²) < 4.78 is 37.9. The maximum absolute atomic E-state index is 12.9. The number of allylic oxidation sites excluding steroid dienone is 1. The Morgan fingerprint density at radius 3 is 2.60 bits per heavy atom. The van der Waals surface area contributed by atoms with Crippen molar-refractivity contribution in [3.63, 3.8) is 0 Å². The molecule has 2 aliphatic heterocycles. The highest BCUT2D eigenvalue weighted by molar-refractivity contribution is 7.89. The van der Waals surface area contributed by atoms with Crippen LogP contribution in [0.2, 0.25) is 0 Å². The maximum Gasteiger partial charge on any atom is 0.310 e. The van der Waals surface area contributed by atoms with Crippen molar-refractivity contribution >= 4 is 33.7 Å². The van der Waals surface area contributed by atoms with Gasteiger partial charge >= 0.3 is 5.97 Å². The Bertz CT molecular complexity index is 1110. The number of hydrogen-bond acceptors (Lipinski definition) is 8. The Labute approximate surface area is 202 Å². The molecule has 12 nitrogen and oxygen atoms in total. The predicted octanol–water partition coefficient (Wildman–Crippen LogP) is -0.981. The summed E-state index contributed by atoms with van der Waals surface area (Å²) in [5, 5.41) is 2.62. The van der Waals surface area contributed by atoms with Crippen LogP contribution in [-0.2, 0) is 38.7 Å². The van der Waals surface area contributed by atoms with Crippen LogP contribution in [0.5, 0.6) is 0 Å². The van der Waals surface area contributed by atoms with Crippen LogP contribution in [0.15, 0.2) is 46.9 Å². The minimum atomic E-state index is -3.81. The number of nitrogens with two attached hydrogens (primary N) is 1. The molecule has 1 fully saturated rings. The average molecular weight is 509 g/mol. The number of carbonyl (C=O) groups excluding carboxylic acids is 4. The van der Waals surface area contributed by atoms with Crippen molar-refractivity contribution in [1.82, 2.24) is 14.9 Å². The number of primary amides is 1. The van der Waals surface area contributed by atoms with Gasteiger partial charge in [0.25, 0.3) is 0 Å². The molecule has 4 N–H and O–H groups in total. The van der Waals surface area contributed by atoms with E-state index in [9.17, 15) is 27.6 Å². The van der Waals surface area contributed by atoms with Gasteiger partial charge in [-0.05, 0) is 31.1 Å². The summed E-state index contributed by atoms with van der Waals surface area (Å²) in [6.07, 6.45) is 0.539. The molecule has 2 heterocycles. The lowest BCUT2D eigenvalue weighted by Gasteiger charge is -2.25. The second kappa shape index (κ2) is 11.4. The van der Waals surface area contributed by atoms with Crippen LogP contribution in [0.4, 0.5) is 0 Å². The number of ether oxygens (including phenoxy) is 2. The number of hydrogen-bond donors (Lipinski definition) is 3. The number of nitrogens with one attached hydrogen (secondary N) is 2. The Kier molecular flexibility index (Phi) is 8.59. The summed E-state index contributed by atoms with van der Waals surface area (Å²) in [6, 6.07) is 7.04. The van der Waals surface area contributed by atoms with Crippen LogP contribution in [-0.4, -0.2) is 75.6 Å². The number of esters is 1. The lowest BCUT2D eigenvalue weighted by atomic mass is 10.0. The molecule has 1 aromatic carbocycles. The van der Waals surface area contributed by atoms with E-state index in [0.717, 1.165) is 4.90 Å². The highest BCUT2D eigenvalue weighted by Gasteiger charge is 2.38. The molecule has 3 atom stereocenters. The van der Waals surface area contributed by atoms with Crippen molar-refractivity contribution < 1.29 is 37.1 Å². The third-order valence-electron chi connectivity index (χ3n) is 5.51. The van der Waals surface area contributed by atoms with Gasteiger partial charge in [-0.25, -0.2) is 13.1 Å². The predicted molar refractivity (Wildman–Crippen MR) is 122 cm³/mol. The smallest absolute Gasteiger partial charge is 0.310 e. The van der Waals surface area contributed by atoms with Gasteiger partial charge in [0.1, 0.15) is 12.0 Å². The van der Waals surface area contributed by atoms with Crippen molar-refractivity contribution in [2.75, 3.05) is 26.2 Å². The van der Waals surface area contributed by atoms with Crippen molar-refractivity contribution in [2.45, 2.75) is 37.0 Å². The summed E-state index contributed by atoms with van der Waals surface area (Å²) >= 11 is 0. The fraction of sp³-hybridized carbons (Fsp3) is 0.455. The molecule has 0 saturated carbocycles. The Hall–Kier alpha value is -3.29. The largest absolute Gasteiger partial charge is 0.433 e. The molecule has 2 aliphatic rings. The number of nitrogens with zero attached hydrogens (tertiary/aromatic N) is 1. The summed E-state index contributed by atoms with van der Waals surface area (Å²) in [7, 11) is -3.81. The zero-order valence-corrected chi connectivity index (χ0v) is 20.0. The Morgan fingerprint density at radius 2 is 1.94 bits per heavy atom. The van der Waals surface area contributed by atoms with E-state index in [0.29, 0.717) is 5.57 Å². The number of carbonyl (C=O) groups is 4. The molecule has 35 heavy (non-hydrogen) atoms. The first-order chi connectivity index (χ1) is 16.6. The Balaban J connectivity index is 1.69. The molecule has 3 amide bonds. The number of benzene rings is 1. The van der Waals surface area contributed by atoms with Gasteiger partial charge in [0.05, 0.1) is 17.9 Å². The lowest BCUT2D eigenvalue weighted by molar-refractivity contribution is -0.164. The minimum absolute atomic E-state index is 0.0218. The summed E-state index contributed by atoms with van der Waals surface area (Å²) in [6.45, 7) is 1.32. The molecular formula is C22H28N4O8S. The average Bonchev–Trinajstić information content (AvgIpc) is 3.06. The maximum atomic E-state index is 12.9. The molecule has 3 rings (SSSR count). The fourth-order valence-electron chi connectivity index (χ4n) is 3.76. The monoisotopic (exact) mass is 508 g/mol. The van der Waals surface area contributed by atoms with Crippen molar-refractivity contribution in [3.05, 3.63) is 42.0 Å². The zero-order chi connectivity index (χ0) is 25.6. The van der Waals surface area contributed by atoms with E-state index >= 15 is 0 Å². The van der Waals surface area contributed by atoms with Gasteiger partial charge in [0, 0.05) is 19.7 Å². The first kappa shape index (κ1) is 26.3. The molecule has 1 aromatic rings. The number of sulfonamides is 1. The summed E-state index contributed by atoms with van der Waals surface area (Å²) in [5.74, 6) is -3.82. The molecule has 3 unspecified atom stereocenters. The first-order valence-corrected chi connectivity index (χ1v) is 12.5. The van der Waals surface area contributed by atoms with E-state index in [1.165, 1.54) is 12.1 Å². The minimum Gasteiger partial charge on any atom is -0.433 e. The molecule has 190 valence electrons. The quantitative estimate of drug-likeness (QED) is 0.205. The zero-order valence-electron chi connectivity index (χ0n) is 19.1. The molecule has 0 spiro atoms. The van der Waals surface area contributed by atoms with Crippen LogP contribution in [0.3, 0.4) is 0 Å². The number of rotatable bonds is 10. The van der Waals surface area contributed by atoms with E-state index in [2.05, 4.69) is 10.0 Å². The number of cyclic esters (lactones) is 1. The molecule has 0 radical (unpaired) electrons. The van der Waals surface area contributed by atoms with E-state index in [1.54, 1.807) is 31.2 Å². The molecular weight excluding hydrogens is 480 g/mol. The first-order valence-electron chi connectivity index (χ1n) is 11.0. The van der Waals surface area contributed by atoms with Crippen LogP contribution >= 0.6 is 0 Å². The highest BCUT2D eigenvalue weighted by Crippen LogP contribution is 2.19. The lowest BCUT2D eigenvalue weighted by Crippen LogP contribution is -2.49. The third kappa shape index (κ3) is 6.87. The Morgan fingerprint density at radius 1 is 1.23 bits per heavy atom. The van der Waals surface area contributed by atoms with Gasteiger partial charge in [-0.2, -0.15) is 0 Å². The third-order valence-corrected chi connectivity index (χ3v) is 6.92. The molecule has 0 aliphatic carbocycles. The van der Waals surface area contributed by atoms with Crippen LogP contribution in [0.25, 0.3) is 0 Å². The second-order valence-corrected chi connectivity index (χ2v) is 9.84. The van der Waals surface area contributed by atoms with Crippen LogP contribution in [0.1, 0.15) is 19.8 Å². The van der Waals surface area contributed by atoms with Crippen molar-refractivity contribution in [2.24, 2.45) is 11.7 Å². The molecule has 13 heteroatoms. The highest BCUT2D eigenvalue weighted by atomic mass is 32.2. The molecule has 1 saturated heterocycles. The van der Waals surface area contributed by atoms with Gasteiger partial charge in [0.15, 0.2) is 0 Å². The molecule has 0 bridgehead atoms. The summed E-state index contributed by atoms with van der Waals surface area (Å²) in [5.41, 5.74) is 5.87. The standard InChI is InChI=1S/C22H28N4O8S/c1-2-33-22-17(10-19(28)34-22)25-18(27)13-26-12-14(8-9-16(20(23)29)21(26)30)11-24-35(31,32)15-6-4-3-5-7-15/h3-8,16-17,22,24H,2,9-13H2,1H3,(H2,23,29)(H,25,27). The van der Waals surface area contributed by atoms with Crippen LogP contribution in [0, 0.1) is 5.92 Å². The van der Waals surface area contributed by atoms with Crippen LogP contribution < -0.4 is 15.8 Å². The topological polar surface area (TPSA) is 174 Å². The summed E-state index contributed by atoms with van der Waals surface area (Å²) in [4.78, 5) is 50.3. The van der Waals surface area contributed by atoms with Gasteiger partial charge in [0.2, 0.25) is 34.0 Å². The van der Waals surface area contributed by atoms with Crippen molar-refractivity contribution in [3.8, 4) is 0 Å². The number of amides is 3. The van der Waals surface area contributed by atoms with Gasteiger partial charge in [-0.1, -0.05) is 24.3 Å². The second-order valence-electron chi connectivity index (χ2n) is 8.08. The molecule has 0 aromatic heterocycles. The van der Waals surface area contributed by atoms with Gasteiger partial charge < -0.3 is 25.4 Å². The SMILES string of the molecule is CCOC1OC(=O)CC1NC(=O)CN1CC(CNS(=O)(=O)c2ccccc2)=CCC(C(N)=O)C1=O. The van der Waals surface area contributed by atoms with E-state index in [4.69, 9.17) is 15.2 Å². The normalized spacial score (nSPS) is 22.8. The fourth-order valence-corrected chi connectivity index (χ4v) is 4.82. The van der Waals surface area contributed by atoms with Gasteiger partial charge in [-0.3, -0.25) is 19.2 Å².